The highest BCUT2D eigenvalue weighted by Crippen LogP contribution is 2.29. The van der Waals surface area contributed by atoms with Gasteiger partial charge >= 0.3 is 5.97 Å². The summed E-state index contributed by atoms with van der Waals surface area (Å²) in [5.41, 5.74) is 3.42. The lowest BCUT2D eigenvalue weighted by Crippen LogP contribution is -1.96. The van der Waals surface area contributed by atoms with Crippen LogP contribution in [-0.4, -0.2) is 26.0 Å². The summed E-state index contributed by atoms with van der Waals surface area (Å²) in [5, 5.41) is 13.2. The molecule has 0 spiro atoms. The van der Waals surface area contributed by atoms with Gasteiger partial charge in [-0.1, -0.05) is 18.2 Å². The SMILES string of the molecule is O=C(O)c1ccc2[nH]cc(Nc3nc4cc(Oc5ccccc5)ccc4[nH]3)c2c1. The topological polar surface area (TPSA) is 103 Å². The third kappa shape index (κ3) is 3.25. The number of nitrogens with one attached hydrogen (secondary N) is 3. The molecule has 4 N–H and O–H groups in total. The minimum Gasteiger partial charge on any atom is -0.478 e. The number of anilines is 2. The summed E-state index contributed by atoms with van der Waals surface area (Å²) in [7, 11) is 0. The number of fused-ring (bicyclic) bond motifs is 2. The number of H-pyrrole nitrogens is 2. The first-order chi connectivity index (χ1) is 14.2. The molecule has 0 amide bonds. The lowest BCUT2D eigenvalue weighted by Gasteiger charge is -2.04. The van der Waals surface area contributed by atoms with Crippen molar-refractivity contribution in [3.63, 3.8) is 0 Å². The van der Waals surface area contributed by atoms with Crippen molar-refractivity contribution in [1.29, 1.82) is 0 Å². The number of aromatic amines is 2. The zero-order valence-electron chi connectivity index (χ0n) is 15.1. The monoisotopic (exact) mass is 384 g/mol. The summed E-state index contributed by atoms with van der Waals surface area (Å²) in [6, 6.07) is 20.2. The second kappa shape index (κ2) is 6.72. The average Bonchev–Trinajstić information content (AvgIpc) is 3.32. The summed E-state index contributed by atoms with van der Waals surface area (Å²) < 4.78 is 5.86. The number of aromatic carboxylic acids is 1. The quantitative estimate of drug-likeness (QED) is 0.330. The number of carboxylic acids is 1. The third-order valence-electron chi connectivity index (χ3n) is 4.62. The first-order valence-corrected chi connectivity index (χ1v) is 9.00. The van der Waals surface area contributed by atoms with Crippen LogP contribution in [-0.2, 0) is 0 Å². The zero-order valence-corrected chi connectivity index (χ0v) is 15.1. The van der Waals surface area contributed by atoms with Crippen LogP contribution < -0.4 is 10.1 Å². The van der Waals surface area contributed by atoms with Gasteiger partial charge in [-0.05, 0) is 42.5 Å². The second-order valence-electron chi connectivity index (χ2n) is 6.57. The predicted molar refractivity (Wildman–Crippen MR) is 111 cm³/mol. The third-order valence-corrected chi connectivity index (χ3v) is 4.62. The second-order valence-corrected chi connectivity index (χ2v) is 6.57. The van der Waals surface area contributed by atoms with E-state index in [2.05, 4.69) is 20.3 Å². The largest absolute Gasteiger partial charge is 0.478 e. The van der Waals surface area contributed by atoms with E-state index in [0.29, 0.717) is 11.7 Å². The Bertz CT molecular complexity index is 1340. The highest BCUT2D eigenvalue weighted by Gasteiger charge is 2.11. The number of aromatic nitrogens is 3. The molecule has 0 radical (unpaired) electrons. The normalized spacial score (nSPS) is 11.0. The van der Waals surface area contributed by atoms with E-state index >= 15 is 0 Å². The Morgan fingerprint density at radius 1 is 0.966 bits per heavy atom. The number of hydrogen-bond donors (Lipinski definition) is 4. The van der Waals surface area contributed by atoms with E-state index in [1.165, 1.54) is 0 Å². The molecule has 3 aromatic carbocycles. The summed E-state index contributed by atoms with van der Waals surface area (Å²) in [4.78, 5) is 22.2. The molecule has 0 saturated heterocycles. The molecule has 0 unspecified atom stereocenters. The van der Waals surface area contributed by atoms with Gasteiger partial charge < -0.3 is 25.1 Å². The van der Waals surface area contributed by atoms with E-state index in [1.807, 2.05) is 48.5 Å². The number of carbonyl (C=O) groups is 1. The minimum absolute atomic E-state index is 0.229. The number of nitrogens with zero attached hydrogens (tertiary/aromatic N) is 1. The summed E-state index contributed by atoms with van der Waals surface area (Å²) >= 11 is 0. The number of para-hydroxylation sites is 1. The molecule has 7 nitrogen and oxygen atoms in total. The molecule has 2 heterocycles. The molecule has 0 atom stereocenters. The fourth-order valence-electron chi connectivity index (χ4n) is 3.22. The van der Waals surface area contributed by atoms with Gasteiger partial charge in [-0.25, -0.2) is 9.78 Å². The average molecular weight is 384 g/mol. The Morgan fingerprint density at radius 2 is 1.79 bits per heavy atom. The Labute approximate surface area is 165 Å². The number of imidazole rings is 1. The van der Waals surface area contributed by atoms with Crippen LogP contribution in [0.2, 0.25) is 0 Å². The molecular weight excluding hydrogens is 368 g/mol. The molecule has 5 rings (SSSR count). The maximum Gasteiger partial charge on any atom is 0.335 e. The molecule has 7 heteroatoms. The van der Waals surface area contributed by atoms with Gasteiger partial charge in [0, 0.05) is 23.2 Å². The summed E-state index contributed by atoms with van der Waals surface area (Å²) in [5.74, 6) is 1.04. The molecule has 29 heavy (non-hydrogen) atoms. The van der Waals surface area contributed by atoms with Crippen LogP contribution in [0.25, 0.3) is 21.9 Å². The number of ether oxygens (including phenoxy) is 1. The number of benzene rings is 3. The molecule has 142 valence electrons. The first-order valence-electron chi connectivity index (χ1n) is 9.00. The van der Waals surface area contributed by atoms with E-state index in [0.717, 1.165) is 33.4 Å². The van der Waals surface area contributed by atoms with Gasteiger partial charge in [-0.15, -0.1) is 0 Å². The Balaban J connectivity index is 1.44. The van der Waals surface area contributed by atoms with Crippen LogP contribution >= 0.6 is 0 Å². The molecule has 0 aliphatic rings. The van der Waals surface area contributed by atoms with Crippen LogP contribution in [0.15, 0.2) is 72.9 Å². The molecular formula is C22H16N4O3. The minimum atomic E-state index is -0.964. The van der Waals surface area contributed by atoms with Crippen LogP contribution in [0, 0.1) is 0 Å². The Kier molecular flexibility index (Phi) is 3.91. The zero-order chi connectivity index (χ0) is 19.8. The van der Waals surface area contributed by atoms with E-state index in [4.69, 9.17) is 4.74 Å². The van der Waals surface area contributed by atoms with E-state index in [9.17, 15) is 9.90 Å². The van der Waals surface area contributed by atoms with Crippen molar-refractivity contribution in [2.45, 2.75) is 0 Å². The smallest absolute Gasteiger partial charge is 0.335 e. The van der Waals surface area contributed by atoms with Gasteiger partial charge in [0.25, 0.3) is 0 Å². The molecule has 2 aromatic heterocycles. The first kappa shape index (κ1) is 16.9. The van der Waals surface area contributed by atoms with Gasteiger partial charge in [-0.3, -0.25) is 0 Å². The molecule has 0 aliphatic carbocycles. The molecule has 0 bridgehead atoms. The Morgan fingerprint density at radius 3 is 2.62 bits per heavy atom. The molecule has 0 fully saturated rings. The fourth-order valence-corrected chi connectivity index (χ4v) is 3.22. The van der Waals surface area contributed by atoms with Crippen molar-refractivity contribution in [3.8, 4) is 11.5 Å². The van der Waals surface area contributed by atoms with E-state index in [-0.39, 0.29) is 5.56 Å². The van der Waals surface area contributed by atoms with Crippen LogP contribution in [0.4, 0.5) is 11.6 Å². The summed E-state index contributed by atoms with van der Waals surface area (Å²) in [6.07, 6.45) is 1.79. The summed E-state index contributed by atoms with van der Waals surface area (Å²) in [6.45, 7) is 0. The highest BCUT2D eigenvalue weighted by molar-refractivity contribution is 5.99. The van der Waals surface area contributed by atoms with Gasteiger partial charge in [0.2, 0.25) is 5.95 Å². The maximum absolute atomic E-state index is 11.3. The van der Waals surface area contributed by atoms with Gasteiger partial charge in [-0.2, -0.15) is 0 Å². The van der Waals surface area contributed by atoms with Crippen molar-refractivity contribution in [1.82, 2.24) is 15.0 Å². The predicted octanol–water partition coefficient (Wildman–Crippen LogP) is 5.28. The van der Waals surface area contributed by atoms with E-state index in [1.54, 1.807) is 24.4 Å². The molecule has 0 aliphatic heterocycles. The van der Waals surface area contributed by atoms with Crippen LogP contribution in [0.5, 0.6) is 11.5 Å². The standard InChI is InChI=1S/C22H16N4O3/c27-21(28)13-6-8-17-16(10-13)20(12-23-17)26-22-24-18-9-7-15(11-19(18)25-22)29-14-4-2-1-3-5-14/h1-12,23H,(H,27,28)(H2,24,25,26). The van der Waals surface area contributed by atoms with Crippen LogP contribution in [0.3, 0.4) is 0 Å². The lowest BCUT2D eigenvalue weighted by atomic mass is 10.1. The number of rotatable bonds is 5. The number of carboxylic acid groups (broad SMARTS) is 1. The Hall–Kier alpha value is -4.26. The van der Waals surface area contributed by atoms with Crippen molar-refractivity contribution in [3.05, 3.63) is 78.5 Å². The van der Waals surface area contributed by atoms with Crippen LogP contribution in [0.1, 0.15) is 10.4 Å². The maximum atomic E-state index is 11.3. The van der Waals surface area contributed by atoms with Gasteiger partial charge in [0.05, 0.1) is 22.3 Å². The van der Waals surface area contributed by atoms with Crippen molar-refractivity contribution in [2.75, 3.05) is 5.32 Å². The van der Waals surface area contributed by atoms with Gasteiger partial charge in [0.15, 0.2) is 0 Å². The van der Waals surface area contributed by atoms with E-state index < -0.39 is 5.97 Å². The lowest BCUT2D eigenvalue weighted by molar-refractivity contribution is 0.0697. The highest BCUT2D eigenvalue weighted by atomic mass is 16.5. The van der Waals surface area contributed by atoms with Crippen molar-refractivity contribution in [2.24, 2.45) is 0 Å². The van der Waals surface area contributed by atoms with Gasteiger partial charge in [0.1, 0.15) is 11.5 Å². The van der Waals surface area contributed by atoms with Crippen molar-refractivity contribution >= 4 is 39.5 Å². The van der Waals surface area contributed by atoms with Crippen molar-refractivity contribution < 1.29 is 14.6 Å². The molecule has 5 aromatic rings. The molecule has 0 saturated carbocycles. The fraction of sp³-hybridized carbons (Fsp3) is 0. The number of hydrogen-bond acceptors (Lipinski definition) is 4.